The highest BCUT2D eigenvalue weighted by Crippen LogP contribution is 2.47. The van der Waals surface area contributed by atoms with E-state index >= 15 is 0 Å². The van der Waals surface area contributed by atoms with E-state index in [0.717, 1.165) is 17.3 Å². The van der Waals surface area contributed by atoms with E-state index in [1.54, 1.807) is 6.20 Å². The lowest BCUT2D eigenvalue weighted by atomic mass is 10.0. The van der Waals surface area contributed by atoms with Crippen LogP contribution in [0.1, 0.15) is 33.1 Å². The summed E-state index contributed by atoms with van der Waals surface area (Å²) in [5, 5.41) is 6.78. The van der Waals surface area contributed by atoms with E-state index in [2.05, 4.69) is 15.6 Å². The molecule has 1 aliphatic rings. The van der Waals surface area contributed by atoms with E-state index in [4.69, 9.17) is 0 Å². The summed E-state index contributed by atoms with van der Waals surface area (Å²) in [4.78, 5) is 29.4. The number of nitrogens with one attached hydrogen (secondary N) is 2. The molecule has 2 amide bonds. The van der Waals surface area contributed by atoms with Crippen LogP contribution in [0, 0.1) is 5.41 Å². The summed E-state index contributed by atoms with van der Waals surface area (Å²) in [5.74, 6) is -0.408. The molecule has 1 heterocycles. The first kappa shape index (κ1) is 15.5. The number of nitrogens with zero attached hydrogens (tertiary/aromatic N) is 1. The van der Waals surface area contributed by atoms with Gasteiger partial charge >= 0.3 is 0 Å². The number of benzene rings is 1. The zero-order valence-corrected chi connectivity index (χ0v) is 13.4. The SMILES string of the molecule is CCC(C)NC(=O)C1(C(=O)Nc2cccc3cccnc23)CC1. The highest BCUT2D eigenvalue weighted by atomic mass is 16.2. The van der Waals surface area contributed by atoms with Gasteiger partial charge in [0.1, 0.15) is 5.41 Å². The summed E-state index contributed by atoms with van der Waals surface area (Å²) < 4.78 is 0. The normalized spacial score (nSPS) is 16.6. The first-order valence-electron chi connectivity index (χ1n) is 8.03. The lowest BCUT2D eigenvalue weighted by molar-refractivity contribution is -0.134. The fraction of sp³-hybridized carbons (Fsp3) is 0.389. The average molecular weight is 311 g/mol. The molecule has 1 fully saturated rings. The molecule has 1 atom stereocenters. The summed E-state index contributed by atoms with van der Waals surface area (Å²) in [6, 6.07) is 9.51. The molecule has 0 spiro atoms. The van der Waals surface area contributed by atoms with Gasteiger partial charge in [0, 0.05) is 17.6 Å². The van der Waals surface area contributed by atoms with Crippen LogP contribution in [-0.4, -0.2) is 22.8 Å². The van der Waals surface area contributed by atoms with Gasteiger partial charge in [-0.2, -0.15) is 0 Å². The number of amides is 2. The van der Waals surface area contributed by atoms with Crippen LogP contribution in [0.15, 0.2) is 36.5 Å². The Kier molecular flexibility index (Phi) is 4.03. The van der Waals surface area contributed by atoms with Crippen LogP contribution in [-0.2, 0) is 9.59 Å². The van der Waals surface area contributed by atoms with E-state index in [-0.39, 0.29) is 17.9 Å². The van der Waals surface area contributed by atoms with Gasteiger partial charge in [0.2, 0.25) is 11.8 Å². The van der Waals surface area contributed by atoms with Crippen molar-refractivity contribution in [3.8, 4) is 0 Å². The highest BCUT2D eigenvalue weighted by Gasteiger charge is 2.56. The van der Waals surface area contributed by atoms with Crippen molar-refractivity contribution in [2.45, 2.75) is 39.2 Å². The Hall–Kier alpha value is -2.43. The number of aromatic nitrogens is 1. The van der Waals surface area contributed by atoms with E-state index in [9.17, 15) is 9.59 Å². The molecule has 2 N–H and O–H groups in total. The number of anilines is 1. The molecular formula is C18H21N3O2. The lowest BCUT2D eigenvalue weighted by Crippen LogP contribution is -2.43. The fourth-order valence-corrected chi connectivity index (χ4v) is 2.59. The van der Waals surface area contributed by atoms with Crippen molar-refractivity contribution in [1.29, 1.82) is 0 Å². The maximum Gasteiger partial charge on any atom is 0.240 e. The maximum absolute atomic E-state index is 12.7. The number of rotatable bonds is 5. The number of hydrogen-bond donors (Lipinski definition) is 2. The fourth-order valence-electron chi connectivity index (χ4n) is 2.59. The molecular weight excluding hydrogens is 290 g/mol. The van der Waals surface area contributed by atoms with Crippen LogP contribution in [0.3, 0.4) is 0 Å². The molecule has 0 aliphatic heterocycles. The molecule has 2 aromatic rings. The Bertz CT molecular complexity index is 748. The van der Waals surface area contributed by atoms with Crippen LogP contribution in [0.25, 0.3) is 10.9 Å². The minimum Gasteiger partial charge on any atom is -0.353 e. The van der Waals surface area contributed by atoms with Crippen molar-refractivity contribution in [3.05, 3.63) is 36.5 Å². The van der Waals surface area contributed by atoms with Crippen molar-refractivity contribution >= 4 is 28.4 Å². The van der Waals surface area contributed by atoms with Crippen molar-refractivity contribution in [1.82, 2.24) is 10.3 Å². The topological polar surface area (TPSA) is 71.1 Å². The van der Waals surface area contributed by atoms with Gasteiger partial charge in [0.15, 0.2) is 0 Å². The molecule has 1 aliphatic carbocycles. The quantitative estimate of drug-likeness (QED) is 0.834. The molecule has 0 radical (unpaired) electrons. The molecule has 1 aromatic heterocycles. The van der Waals surface area contributed by atoms with Crippen molar-refractivity contribution in [2.75, 3.05) is 5.32 Å². The zero-order chi connectivity index (χ0) is 16.4. The minimum atomic E-state index is -0.916. The predicted octanol–water partition coefficient (Wildman–Crippen LogP) is 2.87. The van der Waals surface area contributed by atoms with Gasteiger partial charge in [0.25, 0.3) is 0 Å². The molecule has 120 valence electrons. The largest absolute Gasteiger partial charge is 0.353 e. The number of hydrogen-bond acceptors (Lipinski definition) is 3. The second-order valence-electron chi connectivity index (χ2n) is 6.20. The number of fused-ring (bicyclic) bond motifs is 1. The number of para-hydroxylation sites is 1. The molecule has 0 saturated heterocycles. The van der Waals surface area contributed by atoms with E-state index in [1.807, 2.05) is 44.2 Å². The zero-order valence-electron chi connectivity index (χ0n) is 13.4. The summed E-state index contributed by atoms with van der Waals surface area (Å²) in [6.45, 7) is 3.95. The number of carbonyl (C=O) groups excluding carboxylic acids is 2. The van der Waals surface area contributed by atoms with Gasteiger partial charge in [-0.15, -0.1) is 0 Å². The Morgan fingerprint density at radius 1 is 1.22 bits per heavy atom. The molecule has 1 aromatic carbocycles. The van der Waals surface area contributed by atoms with E-state index in [0.29, 0.717) is 18.5 Å². The van der Waals surface area contributed by atoms with Gasteiger partial charge in [-0.3, -0.25) is 14.6 Å². The summed E-state index contributed by atoms with van der Waals surface area (Å²) in [6.07, 6.45) is 3.73. The third-order valence-corrected chi connectivity index (χ3v) is 4.49. The molecule has 5 nitrogen and oxygen atoms in total. The standard InChI is InChI=1S/C18H21N3O2/c1-3-12(2)20-16(22)18(9-10-18)17(23)21-14-8-4-6-13-7-5-11-19-15(13)14/h4-8,11-12H,3,9-10H2,1-2H3,(H,20,22)(H,21,23). The lowest BCUT2D eigenvalue weighted by Gasteiger charge is -2.18. The molecule has 0 bridgehead atoms. The maximum atomic E-state index is 12.7. The van der Waals surface area contributed by atoms with Gasteiger partial charge in [0.05, 0.1) is 11.2 Å². The molecule has 5 heteroatoms. The van der Waals surface area contributed by atoms with Gasteiger partial charge in [-0.1, -0.05) is 25.1 Å². The van der Waals surface area contributed by atoms with Crippen LogP contribution < -0.4 is 10.6 Å². The van der Waals surface area contributed by atoms with Crippen molar-refractivity contribution in [2.24, 2.45) is 5.41 Å². The monoisotopic (exact) mass is 311 g/mol. The second kappa shape index (κ2) is 5.99. The van der Waals surface area contributed by atoms with Gasteiger partial charge in [-0.25, -0.2) is 0 Å². The Morgan fingerprint density at radius 3 is 2.65 bits per heavy atom. The summed E-state index contributed by atoms with van der Waals surface area (Å²) >= 11 is 0. The van der Waals surface area contributed by atoms with E-state index < -0.39 is 5.41 Å². The molecule has 1 saturated carbocycles. The van der Waals surface area contributed by atoms with Crippen LogP contribution in [0.5, 0.6) is 0 Å². The van der Waals surface area contributed by atoms with Crippen molar-refractivity contribution < 1.29 is 9.59 Å². The third kappa shape index (κ3) is 2.91. The van der Waals surface area contributed by atoms with E-state index in [1.165, 1.54) is 0 Å². The molecule has 3 rings (SSSR count). The minimum absolute atomic E-state index is 0.0759. The Balaban J connectivity index is 1.80. The van der Waals surface area contributed by atoms with Gasteiger partial charge < -0.3 is 10.6 Å². The predicted molar refractivity (Wildman–Crippen MR) is 89.9 cm³/mol. The Morgan fingerprint density at radius 2 is 1.96 bits per heavy atom. The second-order valence-corrected chi connectivity index (χ2v) is 6.20. The van der Waals surface area contributed by atoms with Crippen LogP contribution >= 0.6 is 0 Å². The third-order valence-electron chi connectivity index (χ3n) is 4.49. The van der Waals surface area contributed by atoms with Gasteiger partial charge in [-0.05, 0) is 38.3 Å². The number of carbonyl (C=O) groups is 2. The summed E-state index contributed by atoms with van der Waals surface area (Å²) in [7, 11) is 0. The first-order valence-corrected chi connectivity index (χ1v) is 8.03. The summed E-state index contributed by atoms with van der Waals surface area (Å²) in [5.41, 5.74) is 0.470. The number of pyridine rings is 1. The van der Waals surface area contributed by atoms with Crippen LogP contribution in [0.2, 0.25) is 0 Å². The first-order chi connectivity index (χ1) is 11.1. The molecule has 1 unspecified atom stereocenters. The smallest absolute Gasteiger partial charge is 0.240 e. The Labute approximate surface area is 135 Å². The van der Waals surface area contributed by atoms with Crippen LogP contribution in [0.4, 0.5) is 5.69 Å². The molecule has 23 heavy (non-hydrogen) atoms. The average Bonchev–Trinajstić information content (AvgIpc) is 3.37. The van der Waals surface area contributed by atoms with Crippen molar-refractivity contribution in [3.63, 3.8) is 0 Å². The highest BCUT2D eigenvalue weighted by molar-refractivity contribution is 6.14.